The quantitative estimate of drug-likeness (QED) is 0.681. The van der Waals surface area contributed by atoms with E-state index in [9.17, 15) is 4.79 Å². The van der Waals surface area contributed by atoms with Crippen molar-refractivity contribution < 1.29 is 4.79 Å². The van der Waals surface area contributed by atoms with Gasteiger partial charge in [0.25, 0.3) is 0 Å². The van der Waals surface area contributed by atoms with Crippen LogP contribution in [0.25, 0.3) is 11.0 Å². The lowest BCUT2D eigenvalue weighted by Crippen LogP contribution is -2.00. The van der Waals surface area contributed by atoms with Crippen molar-refractivity contribution in [1.29, 1.82) is 0 Å². The Morgan fingerprint density at radius 2 is 2.36 bits per heavy atom. The van der Waals surface area contributed by atoms with Gasteiger partial charge in [-0.05, 0) is 18.1 Å². The van der Waals surface area contributed by atoms with Crippen molar-refractivity contribution in [1.82, 2.24) is 15.0 Å². The second kappa shape index (κ2) is 3.57. The van der Waals surface area contributed by atoms with E-state index in [1.165, 1.54) is 5.56 Å². The molecule has 0 amide bonds. The first-order chi connectivity index (χ1) is 6.86. The average molecular weight is 189 g/mol. The van der Waals surface area contributed by atoms with Crippen molar-refractivity contribution in [2.24, 2.45) is 0 Å². The van der Waals surface area contributed by atoms with Gasteiger partial charge in [0.2, 0.25) is 0 Å². The average Bonchev–Trinajstić information content (AvgIpc) is 2.62. The molecular formula is C10H11N3O. The highest BCUT2D eigenvalue weighted by Gasteiger charge is 2.06. The summed E-state index contributed by atoms with van der Waals surface area (Å²) in [4.78, 5) is 10.4. The summed E-state index contributed by atoms with van der Waals surface area (Å²) in [6, 6.07) is 5.92. The maximum atomic E-state index is 10.4. The molecule has 0 saturated carbocycles. The number of aldehydes is 1. The highest BCUT2D eigenvalue weighted by molar-refractivity contribution is 5.78. The molecule has 0 saturated heterocycles. The van der Waals surface area contributed by atoms with Crippen LogP contribution in [0.5, 0.6) is 0 Å². The van der Waals surface area contributed by atoms with Crippen molar-refractivity contribution >= 4 is 17.3 Å². The van der Waals surface area contributed by atoms with Gasteiger partial charge in [0.05, 0.1) is 12.1 Å². The van der Waals surface area contributed by atoms with Crippen LogP contribution >= 0.6 is 0 Å². The van der Waals surface area contributed by atoms with Crippen LogP contribution in [-0.4, -0.2) is 21.3 Å². The molecule has 0 spiro atoms. The number of nitrogens with zero attached hydrogens (tertiary/aromatic N) is 3. The molecule has 0 aliphatic carbocycles. The van der Waals surface area contributed by atoms with Crippen LogP contribution in [0, 0.1) is 0 Å². The summed E-state index contributed by atoms with van der Waals surface area (Å²) in [5, 5.41) is 7.99. The minimum absolute atomic E-state index is 0.268. The zero-order valence-corrected chi connectivity index (χ0v) is 7.97. The number of hydrogen-bond acceptors (Lipinski definition) is 3. The van der Waals surface area contributed by atoms with Crippen LogP contribution < -0.4 is 0 Å². The summed E-state index contributed by atoms with van der Waals surface area (Å²) in [6.07, 6.45) is 1.75. The van der Waals surface area contributed by atoms with Crippen molar-refractivity contribution in [2.75, 3.05) is 0 Å². The first kappa shape index (κ1) is 8.87. The maximum absolute atomic E-state index is 10.4. The van der Waals surface area contributed by atoms with Crippen molar-refractivity contribution in [2.45, 2.75) is 19.9 Å². The Kier molecular flexibility index (Phi) is 2.26. The summed E-state index contributed by atoms with van der Waals surface area (Å²) >= 11 is 0. The number of rotatable bonds is 3. The van der Waals surface area contributed by atoms with E-state index in [1.807, 2.05) is 18.2 Å². The van der Waals surface area contributed by atoms with Crippen molar-refractivity contribution in [3.05, 3.63) is 23.8 Å². The van der Waals surface area contributed by atoms with Crippen LogP contribution in [-0.2, 0) is 17.8 Å². The van der Waals surface area contributed by atoms with E-state index in [-0.39, 0.29) is 6.54 Å². The predicted octanol–water partition coefficient (Wildman–Crippen LogP) is 1.19. The molecule has 0 fully saturated rings. The summed E-state index contributed by atoms with van der Waals surface area (Å²) in [5.74, 6) is 0. The normalized spacial score (nSPS) is 10.6. The van der Waals surface area contributed by atoms with Crippen molar-refractivity contribution in [3.63, 3.8) is 0 Å². The van der Waals surface area contributed by atoms with Crippen LogP contribution in [0.1, 0.15) is 12.5 Å². The topological polar surface area (TPSA) is 47.8 Å². The molecule has 1 aromatic heterocycles. The highest BCUT2D eigenvalue weighted by Crippen LogP contribution is 2.15. The molecule has 0 atom stereocenters. The molecule has 72 valence electrons. The first-order valence-electron chi connectivity index (χ1n) is 4.61. The van der Waals surface area contributed by atoms with Gasteiger partial charge in [-0.25, -0.2) is 4.68 Å². The molecule has 1 heterocycles. The fourth-order valence-electron chi connectivity index (χ4n) is 1.54. The largest absolute Gasteiger partial charge is 0.301 e. The van der Waals surface area contributed by atoms with E-state index < -0.39 is 0 Å². The number of hydrogen-bond donors (Lipinski definition) is 0. The molecule has 0 radical (unpaired) electrons. The van der Waals surface area contributed by atoms with E-state index in [0.717, 1.165) is 23.7 Å². The minimum Gasteiger partial charge on any atom is -0.301 e. The second-order valence-electron chi connectivity index (χ2n) is 3.08. The molecule has 0 N–H and O–H groups in total. The molecule has 0 bridgehead atoms. The molecule has 0 unspecified atom stereocenters. The Balaban J connectivity index is 2.63. The lowest BCUT2D eigenvalue weighted by atomic mass is 10.1. The van der Waals surface area contributed by atoms with Crippen LogP contribution in [0.15, 0.2) is 18.2 Å². The number of aromatic nitrogens is 3. The molecular weight excluding hydrogens is 178 g/mol. The van der Waals surface area contributed by atoms with Gasteiger partial charge in [0.15, 0.2) is 0 Å². The van der Waals surface area contributed by atoms with Gasteiger partial charge in [0, 0.05) is 0 Å². The molecule has 0 aliphatic heterocycles. The van der Waals surface area contributed by atoms with Crippen LogP contribution in [0.2, 0.25) is 0 Å². The number of fused-ring (bicyclic) bond motifs is 1. The predicted molar refractivity (Wildman–Crippen MR) is 53.0 cm³/mol. The van der Waals surface area contributed by atoms with Gasteiger partial charge in [0.1, 0.15) is 11.8 Å². The molecule has 0 aliphatic rings. The van der Waals surface area contributed by atoms with E-state index in [0.29, 0.717) is 0 Å². The smallest absolute Gasteiger partial charge is 0.141 e. The maximum Gasteiger partial charge on any atom is 0.141 e. The Morgan fingerprint density at radius 1 is 1.50 bits per heavy atom. The number of benzene rings is 1. The van der Waals surface area contributed by atoms with Gasteiger partial charge in [-0.3, -0.25) is 0 Å². The number of aryl methyl sites for hydroxylation is 1. The lowest BCUT2D eigenvalue weighted by molar-refractivity contribution is -0.108. The van der Waals surface area contributed by atoms with E-state index in [1.54, 1.807) is 4.68 Å². The van der Waals surface area contributed by atoms with Crippen molar-refractivity contribution in [3.8, 4) is 0 Å². The number of carbonyl (C=O) groups is 1. The summed E-state index contributed by atoms with van der Waals surface area (Å²) in [6.45, 7) is 2.34. The van der Waals surface area contributed by atoms with E-state index in [4.69, 9.17) is 0 Å². The molecule has 4 nitrogen and oxygen atoms in total. The molecule has 1 aromatic carbocycles. The summed E-state index contributed by atoms with van der Waals surface area (Å²) in [5.41, 5.74) is 2.99. The molecule has 4 heteroatoms. The van der Waals surface area contributed by atoms with Gasteiger partial charge >= 0.3 is 0 Å². The highest BCUT2D eigenvalue weighted by atomic mass is 16.1. The second-order valence-corrected chi connectivity index (χ2v) is 3.08. The Morgan fingerprint density at radius 3 is 3.07 bits per heavy atom. The molecule has 2 rings (SSSR count). The third-order valence-electron chi connectivity index (χ3n) is 2.26. The van der Waals surface area contributed by atoms with Gasteiger partial charge in [-0.15, -0.1) is 5.10 Å². The summed E-state index contributed by atoms with van der Waals surface area (Å²) < 4.78 is 1.61. The van der Waals surface area contributed by atoms with Gasteiger partial charge in [-0.2, -0.15) is 0 Å². The third-order valence-corrected chi connectivity index (χ3v) is 2.26. The van der Waals surface area contributed by atoms with Gasteiger partial charge < -0.3 is 4.79 Å². The zero-order valence-electron chi connectivity index (χ0n) is 7.97. The molecule has 2 aromatic rings. The zero-order chi connectivity index (χ0) is 9.97. The fourth-order valence-corrected chi connectivity index (χ4v) is 1.54. The van der Waals surface area contributed by atoms with Crippen LogP contribution in [0.4, 0.5) is 0 Å². The minimum atomic E-state index is 0.268. The third kappa shape index (κ3) is 1.28. The Labute approximate surface area is 81.5 Å². The monoisotopic (exact) mass is 189 g/mol. The Bertz CT molecular complexity index is 461. The fraction of sp³-hybridized carbons (Fsp3) is 0.300. The number of carbonyl (C=O) groups excluding carboxylic acids is 1. The van der Waals surface area contributed by atoms with Gasteiger partial charge in [-0.1, -0.05) is 24.3 Å². The van der Waals surface area contributed by atoms with Crippen LogP contribution in [0.3, 0.4) is 0 Å². The lowest BCUT2D eigenvalue weighted by Gasteiger charge is -1.98. The van der Waals surface area contributed by atoms with E-state index in [2.05, 4.69) is 17.2 Å². The standard InChI is InChI=1S/C10H11N3O/c1-2-8-4-3-5-9-10(8)11-12-13(9)6-7-14/h3-5,7H,2,6H2,1H3. The van der Waals surface area contributed by atoms with E-state index >= 15 is 0 Å². The SMILES string of the molecule is CCc1cccc2c1nnn2CC=O. The Hall–Kier alpha value is -1.71. The molecule has 14 heavy (non-hydrogen) atoms. The summed E-state index contributed by atoms with van der Waals surface area (Å²) in [7, 11) is 0. The first-order valence-corrected chi connectivity index (χ1v) is 4.61.